The molecule has 0 radical (unpaired) electrons. The van der Waals surface area contributed by atoms with Crippen LogP contribution in [0.25, 0.3) is 0 Å². The number of fused-ring (bicyclic) bond motifs is 1. The van der Waals surface area contributed by atoms with Crippen LogP contribution in [0.2, 0.25) is 0 Å². The Morgan fingerprint density at radius 1 is 1.27 bits per heavy atom. The summed E-state index contributed by atoms with van der Waals surface area (Å²) in [4.78, 5) is 0. The van der Waals surface area contributed by atoms with Crippen LogP contribution in [-0.4, -0.2) is 19.0 Å². The molecule has 1 nitrogen and oxygen atoms in total. The molecule has 2 fully saturated rings. The van der Waals surface area contributed by atoms with E-state index >= 15 is 0 Å². The summed E-state index contributed by atoms with van der Waals surface area (Å²) in [7, 11) is 0. The zero-order chi connectivity index (χ0) is 7.90. The van der Waals surface area contributed by atoms with Gasteiger partial charge in [0.2, 0.25) is 0 Å². The third-order valence-corrected chi connectivity index (χ3v) is 3.02. The molecule has 0 spiro atoms. The molecule has 0 unspecified atom stereocenters. The van der Waals surface area contributed by atoms with Crippen molar-refractivity contribution in [3.05, 3.63) is 0 Å². The average molecular weight is 161 g/mol. The van der Waals surface area contributed by atoms with Gasteiger partial charge in [-0.15, -0.1) is 0 Å². The van der Waals surface area contributed by atoms with E-state index in [4.69, 9.17) is 0 Å². The molecule has 2 atom stereocenters. The van der Waals surface area contributed by atoms with Crippen molar-refractivity contribution in [2.45, 2.75) is 25.2 Å². The van der Waals surface area contributed by atoms with Crippen LogP contribution in [0.15, 0.2) is 0 Å². The minimum Gasteiger partial charge on any atom is -0.316 e. The Hall–Kier alpha value is -0.180. The first-order valence-electron chi connectivity index (χ1n) is 4.29. The lowest BCUT2D eigenvalue weighted by molar-refractivity contribution is -0.0502. The van der Waals surface area contributed by atoms with Gasteiger partial charge in [-0.05, 0) is 25.3 Å². The SMILES string of the molecule is FC1(F)CC[C@@H]2CCNC[C@@H]21. The molecule has 0 bridgehead atoms. The topological polar surface area (TPSA) is 12.0 Å². The highest BCUT2D eigenvalue weighted by atomic mass is 19.3. The summed E-state index contributed by atoms with van der Waals surface area (Å²) in [5.41, 5.74) is 0. The molecule has 0 aromatic carbocycles. The van der Waals surface area contributed by atoms with Gasteiger partial charge in [0, 0.05) is 18.9 Å². The first-order chi connectivity index (χ1) is 5.20. The number of halogens is 2. The first kappa shape index (κ1) is 7.47. The van der Waals surface area contributed by atoms with E-state index in [1.807, 2.05) is 0 Å². The van der Waals surface area contributed by atoms with Gasteiger partial charge in [0.1, 0.15) is 0 Å². The lowest BCUT2D eigenvalue weighted by Gasteiger charge is -2.29. The second-order valence-corrected chi connectivity index (χ2v) is 3.66. The molecule has 1 aliphatic carbocycles. The summed E-state index contributed by atoms with van der Waals surface area (Å²) in [5, 5.41) is 3.03. The highest BCUT2D eigenvalue weighted by molar-refractivity contribution is 4.94. The fourth-order valence-corrected chi connectivity index (χ4v) is 2.32. The fourth-order valence-electron chi connectivity index (χ4n) is 2.32. The zero-order valence-electron chi connectivity index (χ0n) is 6.45. The van der Waals surface area contributed by atoms with E-state index in [0.29, 0.717) is 12.5 Å². The minimum absolute atomic E-state index is 0.115. The molecule has 1 saturated heterocycles. The first-order valence-corrected chi connectivity index (χ1v) is 4.29. The lowest BCUT2D eigenvalue weighted by Crippen LogP contribution is -2.41. The Balaban J connectivity index is 2.10. The van der Waals surface area contributed by atoms with Crippen molar-refractivity contribution in [3.8, 4) is 0 Å². The summed E-state index contributed by atoms with van der Waals surface area (Å²) in [6.45, 7) is 1.45. The highest BCUT2D eigenvalue weighted by Gasteiger charge is 2.50. The predicted octanol–water partition coefficient (Wildman–Crippen LogP) is 1.64. The van der Waals surface area contributed by atoms with Crippen molar-refractivity contribution >= 4 is 0 Å². The van der Waals surface area contributed by atoms with Crippen molar-refractivity contribution in [2.24, 2.45) is 11.8 Å². The van der Waals surface area contributed by atoms with E-state index in [-0.39, 0.29) is 12.3 Å². The minimum atomic E-state index is -2.38. The van der Waals surface area contributed by atoms with E-state index in [1.54, 1.807) is 0 Å². The molecular weight excluding hydrogens is 148 g/mol. The monoisotopic (exact) mass is 161 g/mol. The molecule has 11 heavy (non-hydrogen) atoms. The Labute approximate surface area is 65.2 Å². The summed E-state index contributed by atoms with van der Waals surface area (Å²) in [5.74, 6) is -2.44. The van der Waals surface area contributed by atoms with Gasteiger partial charge in [0.05, 0.1) is 0 Å². The van der Waals surface area contributed by atoms with Gasteiger partial charge in [-0.25, -0.2) is 8.78 Å². The highest BCUT2D eigenvalue weighted by Crippen LogP contribution is 2.46. The van der Waals surface area contributed by atoms with Crippen LogP contribution < -0.4 is 5.32 Å². The van der Waals surface area contributed by atoms with Gasteiger partial charge < -0.3 is 5.32 Å². The van der Waals surface area contributed by atoms with Crippen LogP contribution >= 0.6 is 0 Å². The largest absolute Gasteiger partial charge is 0.316 e. The molecule has 0 aromatic rings. The summed E-state index contributed by atoms with van der Waals surface area (Å²) >= 11 is 0. The van der Waals surface area contributed by atoms with Crippen molar-refractivity contribution in [1.29, 1.82) is 0 Å². The maximum Gasteiger partial charge on any atom is 0.252 e. The predicted molar refractivity (Wildman–Crippen MR) is 38.6 cm³/mol. The molecule has 0 amide bonds. The molecule has 1 saturated carbocycles. The average Bonchev–Trinajstić information content (AvgIpc) is 2.29. The summed E-state index contributed by atoms with van der Waals surface area (Å²) in [6, 6.07) is 0. The van der Waals surface area contributed by atoms with Crippen LogP contribution in [0.1, 0.15) is 19.3 Å². The van der Waals surface area contributed by atoms with E-state index < -0.39 is 5.92 Å². The number of piperidine rings is 1. The second-order valence-electron chi connectivity index (χ2n) is 3.66. The zero-order valence-corrected chi connectivity index (χ0v) is 6.45. The number of hydrogen-bond acceptors (Lipinski definition) is 1. The van der Waals surface area contributed by atoms with Gasteiger partial charge in [-0.1, -0.05) is 0 Å². The molecule has 2 aliphatic rings. The summed E-state index contributed by atoms with van der Waals surface area (Å²) in [6.07, 6.45) is 1.80. The van der Waals surface area contributed by atoms with Crippen molar-refractivity contribution in [3.63, 3.8) is 0 Å². The maximum atomic E-state index is 13.0. The number of rotatable bonds is 0. The molecule has 2 rings (SSSR count). The number of alkyl halides is 2. The molecule has 0 aromatic heterocycles. The Bertz CT molecular complexity index is 158. The van der Waals surface area contributed by atoms with Crippen LogP contribution in [0.4, 0.5) is 8.78 Å². The van der Waals surface area contributed by atoms with Crippen molar-refractivity contribution < 1.29 is 8.78 Å². The van der Waals surface area contributed by atoms with Gasteiger partial charge in [0.25, 0.3) is 5.92 Å². The van der Waals surface area contributed by atoms with Crippen LogP contribution in [0, 0.1) is 11.8 Å². The number of nitrogens with one attached hydrogen (secondary N) is 1. The van der Waals surface area contributed by atoms with E-state index in [1.165, 1.54) is 0 Å². The molecule has 64 valence electrons. The molecule has 1 N–H and O–H groups in total. The Morgan fingerprint density at radius 2 is 2.09 bits per heavy atom. The van der Waals surface area contributed by atoms with Crippen LogP contribution in [0.3, 0.4) is 0 Å². The Kier molecular flexibility index (Phi) is 1.63. The number of hydrogen-bond donors (Lipinski definition) is 1. The van der Waals surface area contributed by atoms with Gasteiger partial charge >= 0.3 is 0 Å². The van der Waals surface area contributed by atoms with Crippen molar-refractivity contribution in [2.75, 3.05) is 13.1 Å². The third kappa shape index (κ3) is 1.15. The molecule has 1 aliphatic heterocycles. The molecular formula is C8H13F2N. The smallest absolute Gasteiger partial charge is 0.252 e. The lowest BCUT2D eigenvalue weighted by atomic mass is 9.88. The maximum absolute atomic E-state index is 13.0. The van der Waals surface area contributed by atoms with Crippen molar-refractivity contribution in [1.82, 2.24) is 5.32 Å². The van der Waals surface area contributed by atoms with E-state index in [0.717, 1.165) is 19.4 Å². The fraction of sp³-hybridized carbons (Fsp3) is 1.00. The quantitative estimate of drug-likeness (QED) is 0.569. The third-order valence-electron chi connectivity index (χ3n) is 3.02. The van der Waals surface area contributed by atoms with E-state index in [2.05, 4.69) is 5.32 Å². The van der Waals surface area contributed by atoms with E-state index in [9.17, 15) is 8.78 Å². The normalized spacial score (nSPS) is 42.0. The summed E-state index contributed by atoms with van der Waals surface area (Å²) < 4.78 is 26.1. The molecule has 1 heterocycles. The van der Waals surface area contributed by atoms with Gasteiger partial charge in [0.15, 0.2) is 0 Å². The van der Waals surface area contributed by atoms with Crippen LogP contribution in [0.5, 0.6) is 0 Å². The molecule has 3 heteroatoms. The second kappa shape index (κ2) is 2.41. The van der Waals surface area contributed by atoms with Gasteiger partial charge in [-0.3, -0.25) is 0 Å². The standard InChI is InChI=1S/C8H13F2N/c9-8(10)3-1-6-2-4-11-5-7(6)8/h6-7,11H,1-5H2/t6-,7+/m1/s1. The Morgan fingerprint density at radius 3 is 2.82 bits per heavy atom. The van der Waals surface area contributed by atoms with Crippen LogP contribution in [-0.2, 0) is 0 Å². The van der Waals surface area contributed by atoms with Gasteiger partial charge in [-0.2, -0.15) is 0 Å².